The number of aromatic carboxylic acids is 1. The van der Waals surface area contributed by atoms with Crippen LogP contribution in [0.5, 0.6) is 0 Å². The summed E-state index contributed by atoms with van der Waals surface area (Å²) < 4.78 is 32.1. The van der Waals surface area contributed by atoms with Crippen LogP contribution in [0, 0.1) is 12.8 Å². The highest BCUT2D eigenvalue weighted by Crippen LogP contribution is 2.29. The van der Waals surface area contributed by atoms with Gasteiger partial charge in [0.2, 0.25) is 0 Å². The van der Waals surface area contributed by atoms with Crippen molar-refractivity contribution in [3.05, 3.63) is 16.5 Å². The molecule has 1 fully saturated rings. The molecule has 0 saturated carbocycles. The van der Waals surface area contributed by atoms with Gasteiger partial charge in [-0.25, -0.2) is 13.2 Å². The van der Waals surface area contributed by atoms with E-state index in [4.69, 9.17) is 9.84 Å². The van der Waals surface area contributed by atoms with Crippen LogP contribution in [0.25, 0.3) is 0 Å². The molecule has 1 aromatic heterocycles. The third-order valence-corrected chi connectivity index (χ3v) is 7.14. The number of carboxylic acids is 1. The second kappa shape index (κ2) is 6.43. The highest BCUT2D eigenvalue weighted by Gasteiger charge is 2.30. The quantitative estimate of drug-likeness (QED) is 0.858. The molecule has 1 saturated heterocycles. The van der Waals surface area contributed by atoms with E-state index in [1.165, 1.54) is 10.4 Å². The number of carboxylic acid groups (broad SMARTS) is 1. The Morgan fingerprint density at radius 3 is 2.76 bits per heavy atom. The third kappa shape index (κ3) is 3.45. The Balaban J connectivity index is 2.25. The predicted molar refractivity (Wildman–Crippen MR) is 79.4 cm³/mol. The van der Waals surface area contributed by atoms with E-state index in [2.05, 4.69) is 0 Å². The average Bonchev–Trinajstić information content (AvgIpc) is 3.04. The Bertz CT molecular complexity index is 617. The average molecular weight is 333 g/mol. The van der Waals surface area contributed by atoms with Crippen LogP contribution in [0.3, 0.4) is 0 Å². The summed E-state index contributed by atoms with van der Waals surface area (Å²) in [6, 6.07) is 1.44. The summed E-state index contributed by atoms with van der Waals surface area (Å²) in [6.07, 6.45) is 0.857. The number of thiophene rings is 1. The lowest BCUT2D eigenvalue weighted by atomic mass is 10.1. The molecular weight excluding hydrogens is 314 g/mol. The first-order chi connectivity index (χ1) is 9.86. The molecule has 0 radical (unpaired) electrons. The van der Waals surface area contributed by atoms with Gasteiger partial charge in [0.25, 0.3) is 10.0 Å². The number of carbonyl (C=O) groups is 1. The molecule has 0 amide bonds. The Hall–Kier alpha value is -0.960. The van der Waals surface area contributed by atoms with Gasteiger partial charge in [0.1, 0.15) is 9.09 Å². The van der Waals surface area contributed by atoms with E-state index < -0.39 is 16.0 Å². The predicted octanol–water partition coefficient (Wildman–Crippen LogP) is 1.80. The lowest BCUT2D eigenvalue weighted by Crippen LogP contribution is -2.35. The summed E-state index contributed by atoms with van der Waals surface area (Å²) in [5, 5.41) is 9.06. The van der Waals surface area contributed by atoms with Gasteiger partial charge in [0.15, 0.2) is 0 Å². The minimum atomic E-state index is -3.64. The molecule has 2 heterocycles. The molecule has 21 heavy (non-hydrogen) atoms. The molecule has 1 aromatic rings. The summed E-state index contributed by atoms with van der Waals surface area (Å²) in [5.74, 6) is -0.883. The van der Waals surface area contributed by atoms with Crippen molar-refractivity contribution in [2.45, 2.75) is 24.5 Å². The Labute approximate surface area is 128 Å². The first kappa shape index (κ1) is 16.4. The maximum atomic E-state index is 12.6. The fourth-order valence-electron chi connectivity index (χ4n) is 2.33. The number of aryl methyl sites for hydroxylation is 1. The molecule has 1 aliphatic heterocycles. The van der Waals surface area contributed by atoms with E-state index >= 15 is 0 Å². The maximum Gasteiger partial charge on any atom is 0.346 e. The van der Waals surface area contributed by atoms with Crippen molar-refractivity contribution < 1.29 is 23.1 Å². The van der Waals surface area contributed by atoms with Crippen LogP contribution in [0.2, 0.25) is 0 Å². The van der Waals surface area contributed by atoms with Gasteiger partial charge in [-0.2, -0.15) is 4.31 Å². The minimum absolute atomic E-state index is 0.0776. The van der Waals surface area contributed by atoms with E-state index in [9.17, 15) is 13.2 Å². The molecule has 0 aliphatic carbocycles. The fourth-order valence-corrected chi connectivity index (χ4v) is 5.39. The van der Waals surface area contributed by atoms with Crippen LogP contribution in [0.1, 0.15) is 28.6 Å². The second-order valence-corrected chi connectivity index (χ2v) is 8.28. The molecule has 1 N–H and O–H groups in total. The monoisotopic (exact) mass is 333 g/mol. The van der Waals surface area contributed by atoms with E-state index in [-0.39, 0.29) is 15.0 Å². The molecule has 0 spiro atoms. The number of sulfonamides is 1. The molecule has 118 valence electrons. The first-order valence-electron chi connectivity index (χ1n) is 6.78. The highest BCUT2D eigenvalue weighted by atomic mass is 32.2. The van der Waals surface area contributed by atoms with Crippen molar-refractivity contribution in [3.8, 4) is 0 Å². The molecule has 1 unspecified atom stereocenters. The fraction of sp³-hybridized carbons (Fsp3) is 0.615. The van der Waals surface area contributed by atoms with Gasteiger partial charge in [-0.3, -0.25) is 0 Å². The van der Waals surface area contributed by atoms with Crippen molar-refractivity contribution in [1.29, 1.82) is 0 Å². The van der Waals surface area contributed by atoms with E-state index in [0.717, 1.165) is 17.8 Å². The van der Waals surface area contributed by atoms with Crippen molar-refractivity contribution in [1.82, 2.24) is 4.31 Å². The number of ether oxygens (including phenoxy) is 1. The first-order valence-corrected chi connectivity index (χ1v) is 9.03. The Morgan fingerprint density at radius 2 is 2.29 bits per heavy atom. The van der Waals surface area contributed by atoms with Crippen molar-refractivity contribution in [2.24, 2.45) is 5.92 Å². The zero-order valence-electron chi connectivity index (χ0n) is 12.0. The molecule has 2 rings (SSSR count). The second-order valence-electron chi connectivity index (χ2n) is 5.07. The van der Waals surface area contributed by atoms with Gasteiger partial charge in [-0.15, -0.1) is 11.3 Å². The van der Waals surface area contributed by atoms with E-state index in [1.807, 2.05) is 0 Å². The Morgan fingerprint density at radius 1 is 1.57 bits per heavy atom. The molecule has 1 atom stereocenters. The lowest BCUT2D eigenvalue weighted by molar-refractivity contribution is 0.0701. The topological polar surface area (TPSA) is 83.9 Å². The standard InChI is InChI=1S/C13H19NO5S2/c1-3-14(7-10-4-5-19-8-10)21(17,18)11-6-9(2)12(20-11)13(15)16/h6,10H,3-5,7-8H2,1-2H3,(H,15,16). The van der Waals surface area contributed by atoms with Crippen LogP contribution in [0.4, 0.5) is 0 Å². The molecule has 0 aromatic carbocycles. The van der Waals surface area contributed by atoms with Crippen LogP contribution in [-0.4, -0.2) is 50.1 Å². The third-order valence-electron chi connectivity index (χ3n) is 3.52. The largest absolute Gasteiger partial charge is 0.477 e. The van der Waals surface area contributed by atoms with Gasteiger partial charge in [-0.1, -0.05) is 6.92 Å². The van der Waals surface area contributed by atoms with Gasteiger partial charge in [-0.05, 0) is 30.9 Å². The molecule has 1 aliphatic rings. The Kier molecular flexibility index (Phi) is 5.03. The summed E-state index contributed by atoms with van der Waals surface area (Å²) in [6.45, 7) is 5.42. The molecular formula is C13H19NO5S2. The van der Waals surface area contributed by atoms with Crippen LogP contribution in [0.15, 0.2) is 10.3 Å². The number of hydrogen-bond donors (Lipinski definition) is 1. The maximum absolute atomic E-state index is 12.6. The van der Waals surface area contributed by atoms with E-state index in [0.29, 0.717) is 31.9 Å². The molecule has 6 nitrogen and oxygen atoms in total. The van der Waals surface area contributed by atoms with Gasteiger partial charge < -0.3 is 9.84 Å². The van der Waals surface area contributed by atoms with Crippen molar-refractivity contribution in [2.75, 3.05) is 26.3 Å². The zero-order valence-corrected chi connectivity index (χ0v) is 13.7. The van der Waals surface area contributed by atoms with Gasteiger partial charge in [0, 0.05) is 19.7 Å². The summed E-state index contributed by atoms with van der Waals surface area (Å²) in [7, 11) is -3.64. The summed E-state index contributed by atoms with van der Waals surface area (Å²) in [5.41, 5.74) is 0.478. The normalized spacial score (nSPS) is 19.3. The smallest absolute Gasteiger partial charge is 0.346 e. The van der Waals surface area contributed by atoms with Crippen LogP contribution in [-0.2, 0) is 14.8 Å². The van der Waals surface area contributed by atoms with E-state index in [1.54, 1.807) is 13.8 Å². The molecule has 0 bridgehead atoms. The number of hydrogen-bond acceptors (Lipinski definition) is 5. The van der Waals surface area contributed by atoms with Gasteiger partial charge >= 0.3 is 5.97 Å². The zero-order chi connectivity index (χ0) is 15.6. The lowest BCUT2D eigenvalue weighted by Gasteiger charge is -2.22. The van der Waals surface area contributed by atoms with Crippen molar-refractivity contribution in [3.63, 3.8) is 0 Å². The SMILES string of the molecule is CCN(CC1CCOC1)S(=O)(=O)c1cc(C)c(C(=O)O)s1. The number of rotatable bonds is 6. The van der Waals surface area contributed by atoms with Crippen molar-refractivity contribution >= 4 is 27.3 Å². The highest BCUT2D eigenvalue weighted by molar-refractivity contribution is 7.91. The summed E-state index contributed by atoms with van der Waals surface area (Å²) in [4.78, 5) is 11.1. The van der Waals surface area contributed by atoms with Crippen LogP contribution < -0.4 is 0 Å². The molecule has 8 heteroatoms. The number of nitrogens with zero attached hydrogens (tertiary/aromatic N) is 1. The minimum Gasteiger partial charge on any atom is -0.477 e. The summed E-state index contributed by atoms with van der Waals surface area (Å²) >= 11 is 0.816. The van der Waals surface area contributed by atoms with Crippen LogP contribution >= 0.6 is 11.3 Å². The van der Waals surface area contributed by atoms with Gasteiger partial charge in [0.05, 0.1) is 6.61 Å².